The molecule has 4 aromatic rings. The standard InChI is InChI=1S/C30H29ClN2O3S/c1-21-9-14-25(15-10-21)23(3)32-30(34)26-16-12-24(13-17-26)20-33(29-19-27(31)18-11-22(29)2)37(35,36)28-7-5-4-6-8-28/h4-19,23H,20H2,1-3H3,(H,32,34). The number of sulfonamides is 1. The van der Waals surface area contributed by atoms with Gasteiger partial charge in [0.2, 0.25) is 0 Å². The number of hydrogen-bond donors (Lipinski definition) is 1. The van der Waals surface area contributed by atoms with Crippen LogP contribution in [0.1, 0.15) is 45.6 Å². The Morgan fingerprint density at radius 3 is 2.19 bits per heavy atom. The number of rotatable bonds is 8. The highest BCUT2D eigenvalue weighted by molar-refractivity contribution is 7.92. The Morgan fingerprint density at radius 1 is 0.892 bits per heavy atom. The second kappa shape index (κ2) is 11.2. The lowest BCUT2D eigenvalue weighted by Gasteiger charge is -2.26. The lowest BCUT2D eigenvalue weighted by Crippen LogP contribution is -2.31. The molecule has 0 bridgehead atoms. The molecule has 0 radical (unpaired) electrons. The molecule has 1 unspecified atom stereocenters. The first-order valence-electron chi connectivity index (χ1n) is 12.0. The Morgan fingerprint density at radius 2 is 1.54 bits per heavy atom. The largest absolute Gasteiger partial charge is 0.346 e. The molecule has 0 aliphatic carbocycles. The second-order valence-electron chi connectivity index (χ2n) is 9.06. The van der Waals surface area contributed by atoms with E-state index in [9.17, 15) is 13.2 Å². The number of aryl methyl sites for hydroxylation is 2. The summed E-state index contributed by atoms with van der Waals surface area (Å²) >= 11 is 6.24. The number of benzene rings is 4. The third-order valence-electron chi connectivity index (χ3n) is 6.24. The Labute approximate surface area is 223 Å². The average Bonchev–Trinajstić information content (AvgIpc) is 2.90. The van der Waals surface area contributed by atoms with E-state index in [0.717, 1.165) is 22.3 Å². The van der Waals surface area contributed by atoms with Gasteiger partial charge in [-0.25, -0.2) is 8.42 Å². The number of anilines is 1. The number of hydrogen-bond acceptors (Lipinski definition) is 3. The zero-order valence-electron chi connectivity index (χ0n) is 21.0. The fourth-order valence-corrected chi connectivity index (χ4v) is 5.71. The van der Waals surface area contributed by atoms with Crippen molar-refractivity contribution >= 4 is 33.2 Å². The smallest absolute Gasteiger partial charge is 0.264 e. The van der Waals surface area contributed by atoms with Gasteiger partial charge < -0.3 is 5.32 Å². The fourth-order valence-electron chi connectivity index (χ4n) is 4.02. The van der Waals surface area contributed by atoms with Gasteiger partial charge in [0.15, 0.2) is 0 Å². The van der Waals surface area contributed by atoms with Crippen LogP contribution >= 0.6 is 11.6 Å². The van der Waals surface area contributed by atoms with Gasteiger partial charge in [0.05, 0.1) is 23.2 Å². The SMILES string of the molecule is Cc1ccc(C(C)NC(=O)c2ccc(CN(c3cc(Cl)ccc3C)S(=O)(=O)c3ccccc3)cc2)cc1. The first kappa shape index (κ1) is 26.5. The van der Waals surface area contributed by atoms with Gasteiger partial charge in [-0.15, -0.1) is 0 Å². The number of nitrogens with zero attached hydrogens (tertiary/aromatic N) is 1. The van der Waals surface area contributed by atoms with E-state index in [1.807, 2.05) is 45.0 Å². The summed E-state index contributed by atoms with van der Waals surface area (Å²) < 4.78 is 28.7. The van der Waals surface area contributed by atoms with Gasteiger partial charge in [0.1, 0.15) is 0 Å². The van der Waals surface area contributed by atoms with Gasteiger partial charge in [0, 0.05) is 10.6 Å². The van der Waals surface area contributed by atoms with Gasteiger partial charge in [0.25, 0.3) is 15.9 Å². The number of halogens is 1. The van der Waals surface area contributed by atoms with Crippen molar-refractivity contribution in [1.82, 2.24) is 5.32 Å². The number of carbonyl (C=O) groups excluding carboxylic acids is 1. The lowest BCUT2D eigenvalue weighted by molar-refractivity contribution is 0.0940. The average molecular weight is 533 g/mol. The predicted molar refractivity (Wildman–Crippen MR) is 150 cm³/mol. The zero-order chi connectivity index (χ0) is 26.6. The van der Waals surface area contributed by atoms with Gasteiger partial charge in [-0.05, 0) is 73.9 Å². The van der Waals surface area contributed by atoms with Gasteiger partial charge in [-0.1, -0.05) is 77.8 Å². The molecule has 0 aliphatic heterocycles. The first-order valence-corrected chi connectivity index (χ1v) is 13.8. The topological polar surface area (TPSA) is 66.5 Å². The summed E-state index contributed by atoms with van der Waals surface area (Å²) in [5.74, 6) is -0.195. The second-order valence-corrected chi connectivity index (χ2v) is 11.4. The van der Waals surface area contributed by atoms with E-state index in [1.54, 1.807) is 72.8 Å². The van der Waals surface area contributed by atoms with Crippen molar-refractivity contribution in [3.63, 3.8) is 0 Å². The van der Waals surface area contributed by atoms with Crippen molar-refractivity contribution in [2.24, 2.45) is 0 Å². The molecule has 4 aromatic carbocycles. The summed E-state index contributed by atoms with van der Waals surface area (Å²) in [6, 6.07) is 28.4. The fraction of sp³-hybridized carbons (Fsp3) is 0.167. The summed E-state index contributed by atoms with van der Waals surface area (Å²) in [5, 5.41) is 3.47. The van der Waals surface area contributed by atoms with Crippen molar-refractivity contribution in [3.8, 4) is 0 Å². The van der Waals surface area contributed by atoms with E-state index in [-0.39, 0.29) is 23.4 Å². The van der Waals surface area contributed by atoms with Crippen LogP contribution in [0.4, 0.5) is 5.69 Å². The van der Waals surface area contributed by atoms with Crippen LogP contribution in [0.5, 0.6) is 0 Å². The van der Waals surface area contributed by atoms with E-state index in [4.69, 9.17) is 11.6 Å². The van der Waals surface area contributed by atoms with Crippen LogP contribution in [0.3, 0.4) is 0 Å². The molecular weight excluding hydrogens is 504 g/mol. The molecule has 7 heteroatoms. The minimum absolute atomic E-state index is 0.0834. The Bertz CT molecular complexity index is 1490. The summed E-state index contributed by atoms with van der Waals surface area (Å²) in [6.07, 6.45) is 0. The van der Waals surface area contributed by atoms with Crippen molar-refractivity contribution in [1.29, 1.82) is 0 Å². The van der Waals surface area contributed by atoms with E-state index >= 15 is 0 Å². The lowest BCUT2D eigenvalue weighted by atomic mass is 10.1. The van der Waals surface area contributed by atoms with Crippen LogP contribution < -0.4 is 9.62 Å². The maximum Gasteiger partial charge on any atom is 0.264 e. The quantitative estimate of drug-likeness (QED) is 0.270. The molecule has 0 heterocycles. The molecule has 5 nitrogen and oxygen atoms in total. The van der Waals surface area contributed by atoms with E-state index in [0.29, 0.717) is 16.3 Å². The Balaban J connectivity index is 1.58. The molecule has 0 saturated carbocycles. The van der Waals surface area contributed by atoms with Crippen LogP contribution in [0, 0.1) is 13.8 Å². The molecule has 1 N–H and O–H groups in total. The van der Waals surface area contributed by atoms with Crippen molar-refractivity contribution in [2.45, 2.75) is 38.3 Å². The Hall–Kier alpha value is -3.61. The molecule has 190 valence electrons. The molecular formula is C30H29ClN2O3S. The highest BCUT2D eigenvalue weighted by Gasteiger charge is 2.26. The van der Waals surface area contributed by atoms with E-state index in [1.165, 1.54) is 4.31 Å². The third-order valence-corrected chi connectivity index (χ3v) is 8.25. The highest BCUT2D eigenvalue weighted by Crippen LogP contribution is 2.31. The van der Waals surface area contributed by atoms with Gasteiger partial charge in [-0.3, -0.25) is 9.10 Å². The van der Waals surface area contributed by atoms with E-state index in [2.05, 4.69) is 5.32 Å². The molecule has 0 saturated heterocycles. The van der Waals surface area contributed by atoms with E-state index < -0.39 is 10.0 Å². The monoisotopic (exact) mass is 532 g/mol. The number of carbonyl (C=O) groups is 1. The van der Waals surface area contributed by atoms with Crippen LogP contribution in [0.25, 0.3) is 0 Å². The number of nitrogens with one attached hydrogen (secondary N) is 1. The maximum absolute atomic E-state index is 13.7. The summed E-state index contributed by atoms with van der Waals surface area (Å²) in [7, 11) is -3.87. The molecule has 37 heavy (non-hydrogen) atoms. The van der Waals surface area contributed by atoms with Gasteiger partial charge in [-0.2, -0.15) is 0 Å². The van der Waals surface area contributed by atoms with Crippen LogP contribution in [0.15, 0.2) is 102 Å². The minimum atomic E-state index is -3.87. The van der Waals surface area contributed by atoms with Crippen molar-refractivity contribution < 1.29 is 13.2 Å². The Kier molecular flexibility index (Phi) is 8.00. The first-order chi connectivity index (χ1) is 17.6. The molecule has 0 aromatic heterocycles. The molecule has 0 aliphatic rings. The molecule has 4 rings (SSSR count). The van der Waals surface area contributed by atoms with Crippen LogP contribution in [-0.4, -0.2) is 14.3 Å². The highest BCUT2D eigenvalue weighted by atomic mass is 35.5. The molecule has 1 amide bonds. The normalized spacial score (nSPS) is 12.1. The molecule has 1 atom stereocenters. The van der Waals surface area contributed by atoms with Gasteiger partial charge >= 0.3 is 0 Å². The minimum Gasteiger partial charge on any atom is -0.346 e. The predicted octanol–water partition coefficient (Wildman–Crippen LogP) is 6.84. The molecule has 0 fully saturated rings. The zero-order valence-corrected chi connectivity index (χ0v) is 22.6. The van der Waals surface area contributed by atoms with Crippen LogP contribution in [-0.2, 0) is 16.6 Å². The molecule has 0 spiro atoms. The van der Waals surface area contributed by atoms with Crippen molar-refractivity contribution in [3.05, 3.63) is 130 Å². The summed E-state index contributed by atoms with van der Waals surface area (Å²) in [5.41, 5.74) is 4.71. The summed E-state index contributed by atoms with van der Waals surface area (Å²) in [4.78, 5) is 13.0. The van der Waals surface area contributed by atoms with Crippen molar-refractivity contribution in [2.75, 3.05) is 4.31 Å². The third kappa shape index (κ3) is 6.21. The van der Waals surface area contributed by atoms with Crippen LogP contribution in [0.2, 0.25) is 5.02 Å². The maximum atomic E-state index is 13.7. The summed E-state index contributed by atoms with van der Waals surface area (Å²) in [6.45, 7) is 5.90. The number of amides is 1.